The Labute approximate surface area is 159 Å². The molecule has 1 heterocycles. The van der Waals surface area contributed by atoms with E-state index in [2.05, 4.69) is 74.9 Å². The van der Waals surface area contributed by atoms with Crippen LogP contribution in [-0.4, -0.2) is 21.9 Å². The lowest BCUT2D eigenvalue weighted by Crippen LogP contribution is -2.39. The molecule has 0 N–H and O–H groups in total. The topological polar surface area (TPSA) is 25.2 Å². The molecule has 1 fully saturated rings. The van der Waals surface area contributed by atoms with Gasteiger partial charge in [0.25, 0.3) is 0 Å². The second-order valence-electron chi connectivity index (χ2n) is 7.00. The molecule has 0 atom stereocenters. The van der Waals surface area contributed by atoms with E-state index >= 15 is 0 Å². The predicted octanol–water partition coefficient (Wildman–Crippen LogP) is 5.23. The van der Waals surface area contributed by atoms with Gasteiger partial charge in [0.15, 0.2) is 0 Å². The van der Waals surface area contributed by atoms with Crippen molar-refractivity contribution in [2.45, 2.75) is 52.1 Å². The van der Waals surface area contributed by atoms with Crippen LogP contribution < -0.4 is 0 Å². The molecule has 1 aromatic heterocycles. The van der Waals surface area contributed by atoms with Crippen molar-refractivity contribution in [2.24, 2.45) is 5.92 Å². The summed E-state index contributed by atoms with van der Waals surface area (Å²) in [6, 6.07) is 12.7. The molecular formula is C21H27BrN2O. The van der Waals surface area contributed by atoms with E-state index in [0.717, 1.165) is 49.8 Å². The first-order chi connectivity index (χ1) is 12.2. The quantitative estimate of drug-likeness (QED) is 0.593. The lowest BCUT2D eigenvalue weighted by atomic mass is 9.84. The number of nitrogens with zero attached hydrogens (tertiary/aromatic N) is 2. The SMILES string of the molecule is CCCCN(Cc1cccn1Cc1ccc(Br)cc1)C(=O)C1CCC1. The smallest absolute Gasteiger partial charge is 0.226 e. The van der Waals surface area contributed by atoms with Gasteiger partial charge in [-0.1, -0.05) is 47.8 Å². The zero-order chi connectivity index (χ0) is 17.6. The molecule has 4 heteroatoms. The second kappa shape index (κ2) is 8.70. The van der Waals surface area contributed by atoms with Gasteiger partial charge in [-0.25, -0.2) is 0 Å². The summed E-state index contributed by atoms with van der Waals surface area (Å²) in [5.41, 5.74) is 2.48. The average molecular weight is 403 g/mol. The zero-order valence-corrected chi connectivity index (χ0v) is 16.5. The van der Waals surface area contributed by atoms with E-state index in [9.17, 15) is 4.79 Å². The molecule has 0 aliphatic heterocycles. The van der Waals surface area contributed by atoms with Gasteiger partial charge in [-0.15, -0.1) is 0 Å². The molecule has 2 aromatic rings. The Hall–Kier alpha value is -1.55. The van der Waals surface area contributed by atoms with Crippen LogP contribution in [0.5, 0.6) is 0 Å². The summed E-state index contributed by atoms with van der Waals surface area (Å²) in [6.07, 6.45) is 7.66. The molecule has 1 saturated carbocycles. The number of amides is 1. The van der Waals surface area contributed by atoms with Gasteiger partial charge >= 0.3 is 0 Å². The molecule has 0 unspecified atom stereocenters. The van der Waals surface area contributed by atoms with Crippen molar-refractivity contribution in [2.75, 3.05) is 6.54 Å². The molecule has 1 aromatic carbocycles. The lowest BCUT2D eigenvalue weighted by molar-refractivity contribution is -0.139. The highest BCUT2D eigenvalue weighted by molar-refractivity contribution is 9.10. The minimum Gasteiger partial charge on any atom is -0.345 e. The highest BCUT2D eigenvalue weighted by Crippen LogP contribution is 2.29. The Morgan fingerprint density at radius 2 is 2.00 bits per heavy atom. The van der Waals surface area contributed by atoms with Crippen LogP contribution >= 0.6 is 15.9 Å². The van der Waals surface area contributed by atoms with Crippen LogP contribution in [0.2, 0.25) is 0 Å². The highest BCUT2D eigenvalue weighted by atomic mass is 79.9. The highest BCUT2D eigenvalue weighted by Gasteiger charge is 2.29. The predicted molar refractivity (Wildman–Crippen MR) is 105 cm³/mol. The molecule has 1 amide bonds. The van der Waals surface area contributed by atoms with Crippen LogP contribution in [-0.2, 0) is 17.9 Å². The number of benzene rings is 1. The minimum atomic E-state index is 0.270. The van der Waals surface area contributed by atoms with Crippen molar-refractivity contribution in [3.8, 4) is 0 Å². The Morgan fingerprint density at radius 1 is 1.24 bits per heavy atom. The third-order valence-electron chi connectivity index (χ3n) is 5.09. The number of unbranched alkanes of at least 4 members (excludes halogenated alkanes) is 1. The monoisotopic (exact) mass is 402 g/mol. The maximum absolute atomic E-state index is 12.8. The Bertz CT molecular complexity index is 688. The van der Waals surface area contributed by atoms with Gasteiger partial charge in [-0.2, -0.15) is 0 Å². The van der Waals surface area contributed by atoms with E-state index in [0.29, 0.717) is 5.91 Å². The van der Waals surface area contributed by atoms with E-state index in [-0.39, 0.29) is 5.92 Å². The average Bonchev–Trinajstić information content (AvgIpc) is 2.98. The van der Waals surface area contributed by atoms with Crippen molar-refractivity contribution < 1.29 is 4.79 Å². The third kappa shape index (κ3) is 4.75. The van der Waals surface area contributed by atoms with Crippen molar-refractivity contribution in [3.05, 3.63) is 58.3 Å². The van der Waals surface area contributed by atoms with Crippen LogP contribution in [0.15, 0.2) is 47.1 Å². The van der Waals surface area contributed by atoms with Gasteiger partial charge in [0, 0.05) is 35.4 Å². The van der Waals surface area contributed by atoms with Gasteiger partial charge in [-0.3, -0.25) is 4.79 Å². The van der Waals surface area contributed by atoms with Crippen LogP contribution in [0.4, 0.5) is 0 Å². The maximum Gasteiger partial charge on any atom is 0.226 e. The summed E-state index contributed by atoms with van der Waals surface area (Å²) in [7, 11) is 0. The molecule has 25 heavy (non-hydrogen) atoms. The van der Waals surface area contributed by atoms with Crippen molar-refractivity contribution in [1.29, 1.82) is 0 Å². The molecule has 3 nitrogen and oxygen atoms in total. The minimum absolute atomic E-state index is 0.270. The van der Waals surface area contributed by atoms with Crippen molar-refractivity contribution in [3.63, 3.8) is 0 Å². The largest absolute Gasteiger partial charge is 0.345 e. The second-order valence-corrected chi connectivity index (χ2v) is 7.91. The summed E-state index contributed by atoms with van der Waals surface area (Å²) in [4.78, 5) is 14.9. The number of hydrogen-bond donors (Lipinski definition) is 0. The normalized spacial score (nSPS) is 14.3. The first kappa shape index (κ1) is 18.2. The number of hydrogen-bond acceptors (Lipinski definition) is 1. The van der Waals surface area contributed by atoms with E-state index in [1.54, 1.807) is 0 Å². The Morgan fingerprint density at radius 3 is 2.64 bits per heavy atom. The lowest BCUT2D eigenvalue weighted by Gasteiger charge is -2.32. The number of aromatic nitrogens is 1. The molecule has 1 aliphatic rings. The first-order valence-electron chi connectivity index (χ1n) is 9.34. The van der Waals surface area contributed by atoms with Gasteiger partial charge in [-0.05, 0) is 49.1 Å². The summed E-state index contributed by atoms with van der Waals surface area (Å²) in [5, 5.41) is 0. The molecule has 134 valence electrons. The molecule has 3 rings (SSSR count). The standard InChI is InChI=1S/C21H27BrN2O/c1-2-3-13-24(21(25)18-6-4-7-18)16-20-8-5-14-23(20)15-17-9-11-19(22)12-10-17/h5,8-12,14,18H,2-4,6-7,13,15-16H2,1H3. The van der Waals surface area contributed by atoms with Crippen LogP contribution in [0, 0.1) is 5.92 Å². The fraction of sp³-hybridized carbons (Fsp3) is 0.476. The van der Waals surface area contributed by atoms with Gasteiger partial charge in [0.05, 0.1) is 6.54 Å². The first-order valence-corrected chi connectivity index (χ1v) is 10.1. The summed E-state index contributed by atoms with van der Waals surface area (Å²) in [5.74, 6) is 0.628. The molecule has 0 radical (unpaired) electrons. The number of carbonyl (C=O) groups is 1. The summed E-state index contributed by atoms with van der Waals surface area (Å²) in [6.45, 7) is 4.62. The van der Waals surface area contributed by atoms with E-state index in [1.807, 2.05) is 0 Å². The molecule has 0 spiro atoms. The van der Waals surface area contributed by atoms with Crippen LogP contribution in [0.25, 0.3) is 0 Å². The molecular weight excluding hydrogens is 376 g/mol. The maximum atomic E-state index is 12.8. The number of rotatable bonds is 8. The Balaban J connectivity index is 1.70. The Kier molecular flexibility index (Phi) is 6.35. The van der Waals surface area contributed by atoms with Crippen molar-refractivity contribution >= 4 is 21.8 Å². The third-order valence-corrected chi connectivity index (χ3v) is 5.62. The molecule has 0 bridgehead atoms. The summed E-state index contributed by atoms with van der Waals surface area (Å²) >= 11 is 3.49. The summed E-state index contributed by atoms with van der Waals surface area (Å²) < 4.78 is 3.36. The fourth-order valence-electron chi connectivity index (χ4n) is 3.26. The fourth-order valence-corrected chi connectivity index (χ4v) is 3.52. The van der Waals surface area contributed by atoms with E-state index in [1.165, 1.54) is 17.7 Å². The van der Waals surface area contributed by atoms with Gasteiger partial charge in [0.2, 0.25) is 5.91 Å². The zero-order valence-electron chi connectivity index (χ0n) is 15.0. The van der Waals surface area contributed by atoms with Crippen molar-refractivity contribution in [1.82, 2.24) is 9.47 Å². The number of halogens is 1. The molecule has 1 aliphatic carbocycles. The van der Waals surface area contributed by atoms with Gasteiger partial charge < -0.3 is 9.47 Å². The van der Waals surface area contributed by atoms with E-state index < -0.39 is 0 Å². The molecule has 0 saturated heterocycles. The van der Waals surface area contributed by atoms with Gasteiger partial charge in [0.1, 0.15) is 0 Å². The van der Waals surface area contributed by atoms with Crippen LogP contribution in [0.1, 0.15) is 50.3 Å². The number of carbonyl (C=O) groups excluding carboxylic acids is 1. The van der Waals surface area contributed by atoms with E-state index in [4.69, 9.17) is 0 Å². The van der Waals surface area contributed by atoms with Crippen LogP contribution in [0.3, 0.4) is 0 Å².